The van der Waals surface area contributed by atoms with Crippen LogP contribution >= 0.6 is 0 Å². The van der Waals surface area contributed by atoms with Gasteiger partial charge in [-0.3, -0.25) is 9.59 Å². The van der Waals surface area contributed by atoms with E-state index in [1.54, 1.807) is 0 Å². The average molecular weight is 1150 g/mol. The van der Waals surface area contributed by atoms with E-state index in [0.29, 0.717) is 34.5 Å². The maximum atomic E-state index is 14.0. The van der Waals surface area contributed by atoms with Crippen molar-refractivity contribution in [2.24, 2.45) is 105 Å². The monoisotopic (exact) mass is 1150 g/mol. The Balaban J connectivity index is 0.792. The average Bonchev–Trinajstić information content (AvgIpc) is 4.07. The molecule has 18 unspecified atom stereocenters. The Morgan fingerprint density at radius 3 is 1.26 bits per heavy atom. The largest absolute Gasteiger partial charge is 0.469 e. The van der Waals surface area contributed by atoms with Crippen molar-refractivity contribution in [3.8, 4) is 0 Å². The van der Waals surface area contributed by atoms with Crippen LogP contribution < -0.4 is 0 Å². The second kappa shape index (κ2) is 26.6. The predicted molar refractivity (Wildman–Crippen MR) is 315 cm³/mol. The number of aliphatic hydroxyl groups excluding tert-OH is 3. The summed E-state index contributed by atoms with van der Waals surface area (Å²) in [4.78, 5) is 53.0. The summed E-state index contributed by atoms with van der Waals surface area (Å²) < 4.78 is 34.9. The maximum absolute atomic E-state index is 14.0. The SMILES string of the molecule is COC(=O)CCC(=O)OC1C(O)C(O)C(O)C(OC(=O)CO[C@H]2CC[C@@]3(C)C(CCC4C5CC[C@H](C(C)CCCC(C)C)C5(C)CCC43)C2)C1OC(=O)CO[C@H]1CCC2(C)C(CCC3C2CC[C@@]2(C)C3CC[C@@H]2C(C)CCCC(C)C)C1. The predicted octanol–water partition coefficient (Wildman–Crippen LogP) is 12.8. The van der Waals surface area contributed by atoms with Gasteiger partial charge >= 0.3 is 23.9 Å². The van der Waals surface area contributed by atoms with Crippen LogP contribution in [0.2, 0.25) is 0 Å². The quantitative estimate of drug-likeness (QED) is 0.0688. The first-order chi connectivity index (χ1) is 38.9. The van der Waals surface area contributed by atoms with Crippen molar-refractivity contribution in [3.63, 3.8) is 0 Å². The van der Waals surface area contributed by atoms with E-state index >= 15 is 0 Å². The number of aliphatic hydroxyl groups is 3. The van der Waals surface area contributed by atoms with Gasteiger partial charge < -0.3 is 43.7 Å². The minimum atomic E-state index is -1.94. The van der Waals surface area contributed by atoms with Crippen molar-refractivity contribution in [2.75, 3.05) is 20.3 Å². The highest BCUT2D eigenvalue weighted by Gasteiger charge is 2.63. The molecule has 0 amide bonds. The van der Waals surface area contributed by atoms with Gasteiger partial charge in [-0.15, -0.1) is 0 Å². The highest BCUT2D eigenvalue weighted by atomic mass is 16.6. The Hall–Kier alpha value is -2.32. The van der Waals surface area contributed by atoms with Gasteiger partial charge in [-0.2, -0.15) is 0 Å². The van der Waals surface area contributed by atoms with Gasteiger partial charge in [-0.05, 0) is 220 Å². The molecule has 9 saturated carbocycles. The minimum Gasteiger partial charge on any atom is -0.469 e. The third-order valence-corrected chi connectivity index (χ3v) is 26.1. The standard InChI is InChI=1S/C69H114O13/c1-40(2)14-12-16-42(5)50-22-24-52-48-20-18-44-36-46(28-32-66(44,7)54(48)30-34-68(50,52)9)78-38-58(72)81-64-62(76)60(74)61(75)63(80-57(71)27-26-56(70)77-11)65(64)82-59(73)39-79-47-29-33-67(8)45(37-47)19-21-49-53-25-23-51(43(6)17-13-15-41(3)4)69(53,10)35-31-55(49)67/h40-55,60-65,74-76H,12-39H2,1-11H3/t42?,43?,44?,45?,46-,47-,48?,49?,50+,51+,52?,53?,54?,55?,60?,61?,62?,63?,64?,65?,66-,67?,68?,69+/m0/s1. The molecule has 0 aromatic carbocycles. The number of carbonyl (C=O) groups is 4. The van der Waals surface area contributed by atoms with E-state index < -0.39 is 80.1 Å². The van der Waals surface area contributed by atoms with Gasteiger partial charge in [0.2, 0.25) is 0 Å². The molecule has 13 heteroatoms. The zero-order valence-electron chi connectivity index (χ0n) is 52.9. The first-order valence-corrected chi connectivity index (χ1v) is 33.8. The van der Waals surface area contributed by atoms with Crippen molar-refractivity contribution in [3.05, 3.63) is 0 Å². The molecule has 0 aliphatic heterocycles. The molecule has 13 nitrogen and oxygen atoms in total. The van der Waals surface area contributed by atoms with E-state index in [9.17, 15) is 34.5 Å². The number of carbonyl (C=O) groups excluding carboxylic acids is 4. The summed E-state index contributed by atoms with van der Waals surface area (Å²) in [6.45, 7) is 23.9. The molecule has 82 heavy (non-hydrogen) atoms. The van der Waals surface area contributed by atoms with Crippen LogP contribution in [-0.2, 0) is 47.6 Å². The summed E-state index contributed by atoms with van der Waals surface area (Å²) in [6.07, 6.45) is 16.8. The minimum absolute atomic E-state index is 0.166. The van der Waals surface area contributed by atoms with E-state index in [-0.39, 0.29) is 29.5 Å². The topological polar surface area (TPSA) is 184 Å². The van der Waals surface area contributed by atoms with Crippen molar-refractivity contribution >= 4 is 23.9 Å². The molecule has 0 aromatic rings. The summed E-state index contributed by atoms with van der Waals surface area (Å²) in [5, 5.41) is 34.0. The Morgan fingerprint density at radius 2 is 0.829 bits per heavy atom. The molecule has 9 aliphatic rings. The number of methoxy groups -OCH3 is 1. The number of esters is 4. The highest BCUT2D eigenvalue weighted by molar-refractivity contribution is 5.78. The van der Waals surface area contributed by atoms with E-state index in [2.05, 4.69) is 69.2 Å². The van der Waals surface area contributed by atoms with Gasteiger partial charge in [0.25, 0.3) is 0 Å². The number of ether oxygens (including phenoxy) is 6. The van der Waals surface area contributed by atoms with Crippen molar-refractivity contribution < 1.29 is 62.9 Å². The van der Waals surface area contributed by atoms with Crippen molar-refractivity contribution in [2.45, 2.75) is 285 Å². The lowest BCUT2D eigenvalue weighted by molar-refractivity contribution is -0.250. The molecule has 0 heterocycles. The van der Waals surface area contributed by atoms with Crippen molar-refractivity contribution in [1.82, 2.24) is 0 Å². The summed E-state index contributed by atoms with van der Waals surface area (Å²) >= 11 is 0. The fraction of sp³-hybridized carbons (Fsp3) is 0.942. The third kappa shape index (κ3) is 13.1. The number of hydrogen-bond donors (Lipinski definition) is 3. The second-order valence-electron chi connectivity index (χ2n) is 31.2. The van der Waals surface area contributed by atoms with E-state index in [1.807, 2.05) is 0 Å². The Morgan fingerprint density at radius 1 is 0.439 bits per heavy atom. The Bertz CT molecular complexity index is 2170. The molecule has 0 aromatic heterocycles. The fourth-order valence-corrected chi connectivity index (χ4v) is 21.6. The van der Waals surface area contributed by atoms with E-state index in [0.717, 1.165) is 111 Å². The van der Waals surface area contributed by atoms with Crippen LogP contribution in [0.25, 0.3) is 0 Å². The maximum Gasteiger partial charge on any atom is 0.332 e. The van der Waals surface area contributed by atoms with Gasteiger partial charge in [0, 0.05) is 0 Å². The fourth-order valence-electron chi connectivity index (χ4n) is 21.6. The van der Waals surface area contributed by atoms with Crippen LogP contribution in [0.4, 0.5) is 0 Å². The van der Waals surface area contributed by atoms with E-state index in [1.165, 1.54) is 110 Å². The summed E-state index contributed by atoms with van der Waals surface area (Å²) in [5.41, 5.74) is 1.29. The Labute approximate surface area is 494 Å². The molecule has 0 spiro atoms. The molecular weight excluding hydrogens is 1040 g/mol. The van der Waals surface area contributed by atoms with Crippen LogP contribution in [0, 0.1) is 105 Å². The first-order valence-electron chi connectivity index (χ1n) is 33.8. The van der Waals surface area contributed by atoms with Crippen LogP contribution in [0.5, 0.6) is 0 Å². The number of rotatable bonds is 22. The summed E-state index contributed by atoms with van der Waals surface area (Å²) in [6, 6.07) is 0. The first kappa shape index (κ1) is 64.2. The highest BCUT2D eigenvalue weighted by Crippen LogP contribution is 2.70. The zero-order chi connectivity index (χ0) is 59.1. The molecule has 24 atom stereocenters. The number of hydrogen-bond acceptors (Lipinski definition) is 13. The van der Waals surface area contributed by atoms with Crippen molar-refractivity contribution in [1.29, 1.82) is 0 Å². The normalized spacial score (nSPS) is 44.0. The number of fused-ring (bicyclic) bond motifs is 10. The lowest BCUT2D eigenvalue weighted by atomic mass is 9.44. The Kier molecular flexibility index (Phi) is 20.8. The van der Waals surface area contributed by atoms with Crippen LogP contribution in [0.3, 0.4) is 0 Å². The molecule has 0 saturated heterocycles. The van der Waals surface area contributed by atoms with Gasteiger partial charge in [-0.1, -0.05) is 108 Å². The lowest BCUT2D eigenvalue weighted by Gasteiger charge is -2.61. The molecule has 9 rings (SSSR count). The van der Waals surface area contributed by atoms with Gasteiger partial charge in [-0.25, -0.2) is 9.59 Å². The second-order valence-corrected chi connectivity index (χ2v) is 31.2. The zero-order valence-corrected chi connectivity index (χ0v) is 52.9. The van der Waals surface area contributed by atoms with Gasteiger partial charge in [0.1, 0.15) is 31.5 Å². The smallest absolute Gasteiger partial charge is 0.332 e. The molecule has 9 aliphatic carbocycles. The van der Waals surface area contributed by atoms with Crippen LogP contribution in [0.15, 0.2) is 0 Å². The molecule has 9 fully saturated rings. The van der Waals surface area contributed by atoms with Crippen LogP contribution in [-0.4, -0.2) is 108 Å². The van der Waals surface area contributed by atoms with Crippen LogP contribution in [0.1, 0.15) is 236 Å². The third-order valence-electron chi connectivity index (χ3n) is 26.1. The summed E-state index contributed by atoms with van der Waals surface area (Å²) in [5.74, 6) is 6.87. The van der Waals surface area contributed by atoms with Gasteiger partial charge in [0.15, 0.2) is 18.3 Å². The molecule has 0 radical (unpaired) electrons. The molecule has 0 bridgehead atoms. The molecule has 3 N–H and O–H groups in total. The van der Waals surface area contributed by atoms with E-state index in [4.69, 9.17) is 28.4 Å². The molecule has 468 valence electrons. The lowest BCUT2D eigenvalue weighted by Crippen LogP contribution is -2.66. The summed E-state index contributed by atoms with van der Waals surface area (Å²) in [7, 11) is 1.19. The van der Waals surface area contributed by atoms with Gasteiger partial charge in [0.05, 0.1) is 32.2 Å². The molecular formula is C69H114O13.